The Kier molecular flexibility index (Phi) is 18.9. The molecule has 0 N–H and O–H groups in total. The van der Waals surface area contributed by atoms with E-state index in [9.17, 15) is 19.9 Å². The van der Waals surface area contributed by atoms with Gasteiger partial charge in [0.1, 0.15) is 42.4 Å². The van der Waals surface area contributed by atoms with Crippen LogP contribution in [-0.2, 0) is 74.9 Å². The molecule has 3 saturated heterocycles. The number of unbranched alkanes of at least 4 members (excludes halogenated alkanes) is 2. The van der Waals surface area contributed by atoms with Crippen molar-refractivity contribution in [3.05, 3.63) is 154 Å². The van der Waals surface area contributed by atoms with Crippen LogP contribution in [0, 0.1) is 0 Å². The molecule has 0 spiro atoms. The van der Waals surface area contributed by atoms with Crippen molar-refractivity contribution in [2.45, 2.75) is 107 Å². The Morgan fingerprint density at radius 1 is 0.716 bits per heavy atom. The van der Waals surface area contributed by atoms with Gasteiger partial charge in [0.25, 0.3) is 0 Å². The van der Waals surface area contributed by atoms with Crippen molar-refractivity contribution in [2.75, 3.05) is 32.8 Å². The fourth-order valence-corrected chi connectivity index (χ4v) is 8.04. The molecule has 0 aliphatic carbocycles. The molecule has 0 aromatic heterocycles. The summed E-state index contributed by atoms with van der Waals surface area (Å²) in [5.41, 5.74) is 12.6. The maximum atomic E-state index is 14.1. The first-order chi connectivity index (χ1) is 32.8. The molecule has 3 aliphatic rings. The third kappa shape index (κ3) is 13.8. The van der Waals surface area contributed by atoms with Gasteiger partial charge < -0.3 is 52.1 Å². The van der Waals surface area contributed by atoms with Crippen molar-refractivity contribution in [3.63, 3.8) is 0 Å². The fourth-order valence-electron chi connectivity index (χ4n) is 7.98. The van der Waals surface area contributed by atoms with E-state index >= 15 is 0 Å². The topological polar surface area (TPSA) is 202 Å². The van der Waals surface area contributed by atoms with E-state index in [1.54, 1.807) is 30.3 Å². The Labute approximate surface area is 393 Å². The Balaban J connectivity index is 1.26. The number of rotatable bonds is 22. The molecular formula is C49H54ClN3O14. The number of methoxy groups -OCH3 is 1. The van der Waals surface area contributed by atoms with Gasteiger partial charge in [-0.3, -0.25) is 9.59 Å². The lowest BCUT2D eigenvalue weighted by atomic mass is 9.94. The van der Waals surface area contributed by atoms with Gasteiger partial charge in [0.05, 0.1) is 39.1 Å². The van der Waals surface area contributed by atoms with E-state index in [1.165, 1.54) is 7.11 Å². The first kappa shape index (κ1) is 49.5. The normalized spacial score (nSPS) is 26.9. The molecule has 17 nitrogen and oxygen atoms in total. The molecule has 0 amide bonds. The van der Waals surface area contributed by atoms with Gasteiger partial charge in [0.2, 0.25) is 0 Å². The van der Waals surface area contributed by atoms with Crippen LogP contribution in [-0.4, -0.2) is 112 Å². The molecule has 4 aromatic rings. The van der Waals surface area contributed by atoms with Gasteiger partial charge in [0.15, 0.2) is 31.1 Å². The van der Waals surface area contributed by atoms with Crippen LogP contribution in [0.5, 0.6) is 0 Å². The van der Waals surface area contributed by atoms with Crippen molar-refractivity contribution in [1.82, 2.24) is 0 Å². The second kappa shape index (κ2) is 25.6. The van der Waals surface area contributed by atoms with Gasteiger partial charge in [-0.25, -0.2) is 4.79 Å². The molecule has 4 aromatic carbocycles. The number of esters is 3. The van der Waals surface area contributed by atoms with Crippen LogP contribution in [0.1, 0.15) is 59.0 Å². The van der Waals surface area contributed by atoms with Crippen LogP contribution in [0.2, 0.25) is 0 Å². The molecule has 18 heteroatoms. The predicted octanol–water partition coefficient (Wildman–Crippen LogP) is 7.54. The summed E-state index contributed by atoms with van der Waals surface area (Å²) >= 11 is 6.04. The third-order valence-corrected chi connectivity index (χ3v) is 11.5. The molecule has 7 rings (SSSR count). The minimum absolute atomic E-state index is 0.0117. The van der Waals surface area contributed by atoms with E-state index in [2.05, 4.69) is 10.0 Å². The van der Waals surface area contributed by atoms with Crippen LogP contribution in [0.25, 0.3) is 10.4 Å². The van der Waals surface area contributed by atoms with Gasteiger partial charge >= 0.3 is 17.9 Å². The van der Waals surface area contributed by atoms with Crippen molar-refractivity contribution in [3.8, 4) is 0 Å². The summed E-state index contributed by atoms with van der Waals surface area (Å²) in [6, 6.07) is 35.1. The van der Waals surface area contributed by atoms with Gasteiger partial charge in [-0.2, -0.15) is 0 Å². The number of azide groups is 1. The lowest BCUT2D eigenvalue weighted by Crippen LogP contribution is -2.67. The zero-order valence-corrected chi connectivity index (χ0v) is 37.7. The lowest BCUT2D eigenvalue weighted by molar-refractivity contribution is -0.377. The largest absolute Gasteiger partial charge is 0.469 e. The Morgan fingerprint density at radius 3 is 2.06 bits per heavy atom. The SMILES string of the molecule is COC(=O)CCCCCO[C@H]1O[C@@H]2CO[C@H](c3ccccc3)O[C@@H]2[C@H](O[C@@H]2O[C@H](COCc3ccccc3)[C@H](OC(=O)CCl)[C@H](OCc3ccccc3)[C@H]2OC(=O)c2ccccc2)[C@H]1N=[N+]=[N-]. The number of nitrogens with zero attached hydrogens (tertiary/aromatic N) is 3. The van der Waals surface area contributed by atoms with Crippen molar-refractivity contribution >= 4 is 29.5 Å². The summed E-state index contributed by atoms with van der Waals surface area (Å²) in [4.78, 5) is 42.2. The van der Waals surface area contributed by atoms with Gasteiger partial charge in [-0.1, -0.05) is 121 Å². The van der Waals surface area contributed by atoms with E-state index in [1.807, 2.05) is 91.0 Å². The monoisotopic (exact) mass is 943 g/mol. The second-order valence-electron chi connectivity index (χ2n) is 15.9. The standard InChI is InChI=1S/C49H54ClN3O14/c1-57-38(54)25-15-6-16-26-59-48-40(52-53-51)43(41-37(62-48)31-61-47(66-41)35-23-13-5-14-24-35)67-49-45(65-46(56)34-21-11-4-12-22-34)44(60-29-33-19-9-3-10-20-33)42(64-39(55)27-50)36(63-49)30-58-28-32-17-7-2-8-18-32/h2-5,7-14,17-24,36-37,40-45,47-49H,6,15-16,25-31H2,1H3/t36-,37-,40-,41+,42+,43-,44+,45-,47+,48+,49+/m1/s1. The molecule has 67 heavy (non-hydrogen) atoms. The van der Waals surface area contributed by atoms with Crippen LogP contribution >= 0.6 is 11.6 Å². The summed E-state index contributed by atoms with van der Waals surface area (Å²) in [6.45, 7) is 0.203. The van der Waals surface area contributed by atoms with Crippen LogP contribution in [0.15, 0.2) is 126 Å². The first-order valence-electron chi connectivity index (χ1n) is 22.1. The highest BCUT2D eigenvalue weighted by atomic mass is 35.5. The fraction of sp³-hybridized carbons (Fsp3) is 0.449. The summed E-state index contributed by atoms with van der Waals surface area (Å²) in [7, 11) is 1.34. The molecule has 0 saturated carbocycles. The molecule has 11 atom stereocenters. The molecule has 0 bridgehead atoms. The van der Waals surface area contributed by atoms with Crippen molar-refractivity contribution in [2.24, 2.45) is 5.11 Å². The van der Waals surface area contributed by atoms with E-state index in [0.29, 0.717) is 24.8 Å². The Hall–Kier alpha value is -5.43. The van der Waals surface area contributed by atoms with E-state index < -0.39 is 85.5 Å². The number of benzene rings is 4. The zero-order chi connectivity index (χ0) is 46.8. The number of alkyl halides is 1. The maximum Gasteiger partial charge on any atom is 0.338 e. The summed E-state index contributed by atoms with van der Waals surface area (Å²) in [5.74, 6) is -2.35. The lowest BCUT2D eigenvalue weighted by Gasteiger charge is -2.51. The van der Waals surface area contributed by atoms with Crippen molar-refractivity contribution < 1.29 is 66.5 Å². The highest BCUT2D eigenvalue weighted by Gasteiger charge is 2.57. The Morgan fingerprint density at radius 2 is 1.39 bits per heavy atom. The molecule has 3 aliphatic heterocycles. The van der Waals surface area contributed by atoms with E-state index in [4.69, 9.17) is 63.7 Å². The minimum Gasteiger partial charge on any atom is -0.469 e. The number of carbonyl (C=O) groups is 3. The average molecular weight is 944 g/mol. The number of halogens is 1. The first-order valence-corrected chi connectivity index (χ1v) is 22.7. The predicted molar refractivity (Wildman–Crippen MR) is 239 cm³/mol. The summed E-state index contributed by atoms with van der Waals surface area (Å²) < 4.78 is 69.3. The van der Waals surface area contributed by atoms with Gasteiger partial charge in [-0.15, -0.1) is 11.6 Å². The van der Waals surface area contributed by atoms with E-state index in [-0.39, 0.29) is 51.0 Å². The van der Waals surface area contributed by atoms with Crippen LogP contribution in [0.4, 0.5) is 0 Å². The number of hydrogen-bond donors (Lipinski definition) is 0. The highest BCUT2D eigenvalue weighted by molar-refractivity contribution is 6.26. The minimum atomic E-state index is -1.52. The molecule has 356 valence electrons. The van der Waals surface area contributed by atoms with Gasteiger partial charge in [0, 0.05) is 23.5 Å². The van der Waals surface area contributed by atoms with Crippen molar-refractivity contribution in [1.29, 1.82) is 0 Å². The third-order valence-electron chi connectivity index (χ3n) is 11.3. The quantitative estimate of drug-likeness (QED) is 0.0142. The zero-order valence-electron chi connectivity index (χ0n) is 36.9. The number of carbonyl (C=O) groups excluding carboxylic acids is 3. The second-order valence-corrected chi connectivity index (χ2v) is 16.2. The highest BCUT2D eigenvalue weighted by Crippen LogP contribution is 2.40. The van der Waals surface area contributed by atoms with E-state index in [0.717, 1.165) is 11.1 Å². The smallest absolute Gasteiger partial charge is 0.338 e. The number of hydrogen-bond acceptors (Lipinski definition) is 15. The molecule has 0 unspecified atom stereocenters. The average Bonchev–Trinajstić information content (AvgIpc) is 3.37. The maximum absolute atomic E-state index is 14.1. The summed E-state index contributed by atoms with van der Waals surface area (Å²) in [6.07, 6.45) is -9.65. The number of ether oxygens (including phenoxy) is 11. The van der Waals surface area contributed by atoms with Crippen LogP contribution in [0.3, 0.4) is 0 Å². The number of fused-ring (bicyclic) bond motifs is 1. The van der Waals surface area contributed by atoms with Gasteiger partial charge in [-0.05, 0) is 41.6 Å². The molecular weight excluding hydrogens is 890 g/mol. The molecule has 0 radical (unpaired) electrons. The molecule has 3 fully saturated rings. The van der Waals surface area contributed by atoms with Crippen LogP contribution < -0.4 is 0 Å². The Bertz CT molecular complexity index is 2190. The molecule has 3 heterocycles. The summed E-state index contributed by atoms with van der Waals surface area (Å²) in [5, 5.41) is 4.17.